The summed E-state index contributed by atoms with van der Waals surface area (Å²) in [5.74, 6) is 0.0295. The number of carbonyl (C=O) groups excluding carboxylic acids is 1. The first-order valence-corrected chi connectivity index (χ1v) is 3.20. The molecule has 0 aromatic carbocycles. The van der Waals surface area contributed by atoms with Crippen LogP contribution in [-0.2, 0) is 9.53 Å². The molecule has 0 aromatic heterocycles. The van der Waals surface area contributed by atoms with Gasteiger partial charge in [0.2, 0.25) is 5.91 Å². The van der Waals surface area contributed by atoms with Crippen molar-refractivity contribution in [1.82, 2.24) is 4.90 Å². The van der Waals surface area contributed by atoms with Crippen LogP contribution in [0.2, 0.25) is 0 Å². The Morgan fingerprint density at radius 1 is 1.90 bits per heavy atom. The second-order valence-corrected chi connectivity index (χ2v) is 2.08. The molecule has 1 heterocycles. The second kappa shape index (κ2) is 3.37. The maximum atomic E-state index is 10.8. The SMILES string of the molecule is C=CCCN1[CH-]OCC1=O. The van der Waals surface area contributed by atoms with Gasteiger partial charge in [0, 0.05) is 0 Å². The standard InChI is InChI=1S/C7H10NO2/c1-2-3-4-8-6-10-5-7(8)9/h2,6H,1,3-5H2/q-1. The zero-order chi connectivity index (χ0) is 7.40. The van der Waals surface area contributed by atoms with Gasteiger partial charge >= 0.3 is 0 Å². The molecular formula is C7H10NO2-. The Balaban J connectivity index is 2.26. The van der Waals surface area contributed by atoms with Crippen molar-refractivity contribution in [3.05, 3.63) is 19.4 Å². The van der Waals surface area contributed by atoms with Crippen LogP contribution >= 0.6 is 0 Å². The molecule has 1 aliphatic rings. The fourth-order valence-electron chi connectivity index (χ4n) is 0.748. The molecule has 0 bridgehead atoms. The van der Waals surface area contributed by atoms with Gasteiger partial charge in [0.15, 0.2) is 0 Å². The number of carbonyl (C=O) groups is 1. The van der Waals surface area contributed by atoms with Crippen molar-refractivity contribution < 1.29 is 9.53 Å². The number of hydrogen-bond donors (Lipinski definition) is 0. The van der Waals surface area contributed by atoms with Crippen LogP contribution in [0, 0.1) is 6.73 Å². The molecule has 10 heavy (non-hydrogen) atoms. The van der Waals surface area contributed by atoms with Crippen molar-refractivity contribution in [3.63, 3.8) is 0 Å². The van der Waals surface area contributed by atoms with Crippen LogP contribution < -0.4 is 0 Å². The largest absolute Gasteiger partial charge is 0.525 e. The van der Waals surface area contributed by atoms with Gasteiger partial charge in [0.1, 0.15) is 0 Å². The third kappa shape index (κ3) is 1.57. The minimum Gasteiger partial charge on any atom is -0.525 e. The molecule has 1 amide bonds. The first-order chi connectivity index (χ1) is 4.84. The normalized spacial score (nSPS) is 18.0. The summed E-state index contributed by atoms with van der Waals surface area (Å²) in [6.45, 7) is 5.89. The molecule has 1 fully saturated rings. The molecule has 0 atom stereocenters. The van der Waals surface area contributed by atoms with Gasteiger partial charge in [-0.1, -0.05) is 6.08 Å². The summed E-state index contributed by atoms with van der Waals surface area (Å²) in [5, 5.41) is 0. The smallest absolute Gasteiger partial charge is 0.218 e. The molecule has 0 aliphatic carbocycles. The number of hydrogen-bond acceptors (Lipinski definition) is 2. The van der Waals surface area contributed by atoms with Crippen LogP contribution in [0.3, 0.4) is 0 Å². The van der Waals surface area contributed by atoms with Crippen molar-refractivity contribution in [2.75, 3.05) is 13.2 Å². The van der Waals surface area contributed by atoms with E-state index in [1.54, 1.807) is 11.0 Å². The molecular weight excluding hydrogens is 130 g/mol. The Hall–Kier alpha value is -0.830. The highest BCUT2D eigenvalue weighted by molar-refractivity contribution is 5.79. The fourth-order valence-corrected chi connectivity index (χ4v) is 0.748. The summed E-state index contributed by atoms with van der Waals surface area (Å²) in [5.41, 5.74) is 0. The van der Waals surface area contributed by atoms with Gasteiger partial charge < -0.3 is 9.64 Å². The van der Waals surface area contributed by atoms with Gasteiger partial charge in [0.25, 0.3) is 0 Å². The summed E-state index contributed by atoms with van der Waals surface area (Å²) >= 11 is 0. The molecule has 3 nitrogen and oxygen atoms in total. The fraction of sp³-hybridized carbons (Fsp3) is 0.429. The van der Waals surface area contributed by atoms with Crippen molar-refractivity contribution in [1.29, 1.82) is 0 Å². The van der Waals surface area contributed by atoms with E-state index in [1.807, 2.05) is 0 Å². The van der Waals surface area contributed by atoms with Gasteiger partial charge in [-0.05, 0) is 13.0 Å². The number of ether oxygens (including phenoxy) is 1. The highest BCUT2D eigenvalue weighted by Gasteiger charge is 2.09. The van der Waals surface area contributed by atoms with E-state index in [4.69, 9.17) is 4.74 Å². The lowest BCUT2D eigenvalue weighted by atomic mass is 10.4. The lowest BCUT2D eigenvalue weighted by Crippen LogP contribution is -2.23. The van der Waals surface area contributed by atoms with Crippen molar-refractivity contribution in [2.45, 2.75) is 6.42 Å². The monoisotopic (exact) mass is 140 g/mol. The van der Waals surface area contributed by atoms with E-state index in [0.29, 0.717) is 6.54 Å². The minimum atomic E-state index is 0.0295. The number of amides is 1. The number of nitrogens with zero attached hydrogens (tertiary/aromatic N) is 1. The molecule has 3 heteroatoms. The van der Waals surface area contributed by atoms with E-state index in [9.17, 15) is 4.79 Å². The zero-order valence-electron chi connectivity index (χ0n) is 5.75. The van der Waals surface area contributed by atoms with E-state index in [-0.39, 0.29) is 12.5 Å². The summed E-state index contributed by atoms with van der Waals surface area (Å²) in [6.07, 6.45) is 2.59. The van der Waals surface area contributed by atoms with Crippen molar-refractivity contribution in [3.8, 4) is 0 Å². The van der Waals surface area contributed by atoms with E-state index in [1.165, 1.54) is 6.73 Å². The van der Waals surface area contributed by atoms with Crippen LogP contribution in [0.1, 0.15) is 6.42 Å². The van der Waals surface area contributed by atoms with E-state index >= 15 is 0 Å². The van der Waals surface area contributed by atoms with Crippen LogP contribution in [-0.4, -0.2) is 24.0 Å². The maximum absolute atomic E-state index is 10.8. The molecule has 1 saturated heterocycles. The van der Waals surface area contributed by atoms with Crippen LogP contribution in [0.25, 0.3) is 0 Å². The number of rotatable bonds is 3. The van der Waals surface area contributed by atoms with E-state index in [0.717, 1.165) is 6.42 Å². The van der Waals surface area contributed by atoms with Gasteiger partial charge in [-0.3, -0.25) is 4.79 Å². The average molecular weight is 140 g/mol. The molecule has 1 aliphatic heterocycles. The van der Waals surface area contributed by atoms with Gasteiger partial charge in [-0.15, -0.1) is 13.3 Å². The quantitative estimate of drug-likeness (QED) is 0.423. The molecule has 1 rings (SSSR count). The van der Waals surface area contributed by atoms with Crippen LogP contribution in [0.4, 0.5) is 0 Å². The summed E-state index contributed by atoms with van der Waals surface area (Å²) in [4.78, 5) is 12.4. The van der Waals surface area contributed by atoms with Crippen LogP contribution in [0.5, 0.6) is 0 Å². The van der Waals surface area contributed by atoms with Gasteiger partial charge in [0.05, 0.1) is 6.61 Å². The predicted molar refractivity (Wildman–Crippen MR) is 36.8 cm³/mol. The Morgan fingerprint density at radius 3 is 3.20 bits per heavy atom. The lowest BCUT2D eigenvalue weighted by molar-refractivity contribution is -0.126. The summed E-state index contributed by atoms with van der Waals surface area (Å²) < 4.78 is 4.78. The first-order valence-electron chi connectivity index (χ1n) is 3.20. The Kier molecular flexibility index (Phi) is 2.45. The summed E-state index contributed by atoms with van der Waals surface area (Å²) in [7, 11) is 0. The first kappa shape index (κ1) is 7.28. The predicted octanol–water partition coefficient (Wildman–Crippen LogP) is 0.541. The van der Waals surface area contributed by atoms with E-state index < -0.39 is 0 Å². The highest BCUT2D eigenvalue weighted by Crippen LogP contribution is 2.05. The minimum absolute atomic E-state index is 0.0295. The topological polar surface area (TPSA) is 29.5 Å². The average Bonchev–Trinajstić information content (AvgIpc) is 2.31. The van der Waals surface area contributed by atoms with Crippen LogP contribution in [0.15, 0.2) is 12.7 Å². The van der Waals surface area contributed by atoms with Gasteiger partial charge in [-0.25, -0.2) is 0 Å². The van der Waals surface area contributed by atoms with Gasteiger partial charge in [-0.2, -0.15) is 0 Å². The Labute approximate surface area is 60.3 Å². The van der Waals surface area contributed by atoms with E-state index in [2.05, 4.69) is 6.58 Å². The second-order valence-electron chi connectivity index (χ2n) is 2.08. The Morgan fingerprint density at radius 2 is 2.70 bits per heavy atom. The Bertz CT molecular complexity index is 145. The molecule has 56 valence electrons. The maximum Gasteiger partial charge on any atom is 0.218 e. The molecule has 0 spiro atoms. The molecule has 0 unspecified atom stereocenters. The molecule has 0 saturated carbocycles. The highest BCUT2D eigenvalue weighted by atomic mass is 16.5. The van der Waals surface area contributed by atoms with Crippen molar-refractivity contribution in [2.24, 2.45) is 0 Å². The lowest BCUT2D eigenvalue weighted by Gasteiger charge is -2.21. The zero-order valence-corrected chi connectivity index (χ0v) is 5.75. The molecule has 0 aromatic rings. The third-order valence-electron chi connectivity index (χ3n) is 1.30. The third-order valence-corrected chi connectivity index (χ3v) is 1.30. The molecule has 0 N–H and O–H groups in total. The molecule has 0 radical (unpaired) electrons. The van der Waals surface area contributed by atoms with Crippen molar-refractivity contribution >= 4 is 5.91 Å². The summed E-state index contributed by atoms with van der Waals surface area (Å²) in [6, 6.07) is 0.